The fourth-order valence-electron chi connectivity index (χ4n) is 3.75. The maximum Gasteiger partial charge on any atom is 1.00 e. The van der Waals surface area contributed by atoms with E-state index >= 15 is 0 Å². The van der Waals surface area contributed by atoms with Crippen LogP contribution in [-0.4, -0.2) is 38.6 Å². The second-order valence-electron chi connectivity index (χ2n) is 8.15. The van der Waals surface area contributed by atoms with E-state index < -0.39 is 34.5 Å². The first-order chi connectivity index (χ1) is 16.8. The molecule has 0 spiro atoms. The molecule has 37 heavy (non-hydrogen) atoms. The van der Waals surface area contributed by atoms with E-state index in [0.717, 1.165) is 22.9 Å². The summed E-state index contributed by atoms with van der Waals surface area (Å²) in [6.07, 6.45) is 4.87. The summed E-state index contributed by atoms with van der Waals surface area (Å²) in [6.45, 7) is 1.97. The molecule has 188 valence electrons. The van der Waals surface area contributed by atoms with E-state index in [1.165, 1.54) is 11.8 Å². The van der Waals surface area contributed by atoms with Gasteiger partial charge in [0.25, 0.3) is 0 Å². The first-order valence-corrected chi connectivity index (χ1v) is 12.3. The molecule has 3 N–H and O–H groups in total. The number of thioether (sulfide) groups is 1. The smallest absolute Gasteiger partial charge is 1.00 e. The van der Waals surface area contributed by atoms with E-state index in [0.29, 0.717) is 30.2 Å². The molecule has 0 aliphatic carbocycles. The average molecular weight is 545 g/mol. The number of fused-ring (bicyclic) bond motifs is 1. The van der Waals surface area contributed by atoms with Gasteiger partial charge < -0.3 is 22.6 Å². The number of hydrogen-bond acceptors (Lipinski definition) is 6. The van der Waals surface area contributed by atoms with Gasteiger partial charge in [-0.25, -0.2) is 4.79 Å². The quantitative estimate of drug-likeness (QED) is 0.205. The number of rotatable bonds is 12. The van der Waals surface area contributed by atoms with E-state index in [9.17, 15) is 24.6 Å². The number of carboxylic acids is 2. The van der Waals surface area contributed by atoms with Gasteiger partial charge >= 0.3 is 71.1 Å². The maximum atomic E-state index is 12.5. The number of aryl methyl sites for hydroxylation is 1. The predicted molar refractivity (Wildman–Crippen MR) is 138 cm³/mol. The van der Waals surface area contributed by atoms with Crippen molar-refractivity contribution in [1.29, 1.82) is 0 Å². The molecule has 7 nitrogen and oxygen atoms in total. The van der Waals surface area contributed by atoms with Gasteiger partial charge in [0.15, 0.2) is 5.43 Å². The summed E-state index contributed by atoms with van der Waals surface area (Å²) >= 11 is 1.38. The summed E-state index contributed by atoms with van der Waals surface area (Å²) in [5, 5.41) is 29.1. The van der Waals surface area contributed by atoms with Crippen molar-refractivity contribution in [2.75, 3.05) is 0 Å². The van der Waals surface area contributed by atoms with Gasteiger partial charge in [0.2, 0.25) is 5.76 Å². The third kappa shape index (κ3) is 9.71. The number of aliphatic hydroxyl groups is 1. The fraction of sp³-hybridized carbons (Fsp3) is 0.296. The minimum Gasteiger partial charge on any atom is -1.00 e. The van der Waals surface area contributed by atoms with E-state index in [4.69, 9.17) is 9.52 Å². The molecular weight excluding hydrogens is 514 g/mol. The van der Waals surface area contributed by atoms with Crippen LogP contribution in [0.5, 0.6) is 0 Å². The normalized spacial score (nSPS) is 12.5. The van der Waals surface area contributed by atoms with Crippen molar-refractivity contribution in [3.05, 3.63) is 81.7 Å². The van der Waals surface area contributed by atoms with Crippen LogP contribution in [0.4, 0.5) is 0 Å². The van der Waals surface area contributed by atoms with Gasteiger partial charge in [0.05, 0.1) is 16.7 Å². The van der Waals surface area contributed by atoms with Crippen molar-refractivity contribution in [2.45, 2.75) is 55.3 Å². The minimum atomic E-state index is -1.32. The summed E-state index contributed by atoms with van der Waals surface area (Å²) in [4.78, 5) is 35.7. The Morgan fingerprint density at radius 3 is 2.43 bits per heavy atom. The molecule has 0 radical (unpaired) electrons. The Bertz CT molecular complexity index is 1290. The standard InChI is InChI=1S/C27H28O7S.2Na.2H/c1-2-7-19-23(15-13-18-21(29)16-22(27(32)33)34-26(18)19)35-24(20(28)10-6-11-25(30)31)14-12-17-8-4-3-5-9-17;;;;/h3-5,8-9,12-16,20,24,28H,2,6-7,10-11H2,1H3,(H,30,31)(H,32,33);;;;/q;2*+1;2*-1/b14-12+;;;;. The Balaban J connectivity index is 0. The van der Waals surface area contributed by atoms with Crippen LogP contribution in [0.25, 0.3) is 17.0 Å². The van der Waals surface area contributed by atoms with Gasteiger partial charge in [-0.3, -0.25) is 9.59 Å². The van der Waals surface area contributed by atoms with Crippen LogP contribution in [0.3, 0.4) is 0 Å². The largest absolute Gasteiger partial charge is 1.00 e. The first-order valence-electron chi connectivity index (χ1n) is 11.4. The monoisotopic (exact) mass is 544 g/mol. The SMILES string of the molecule is CCCc1c(SC(/C=C/c2ccccc2)C(O)CCCC(=O)O)ccc2c(=O)cc(C(=O)O)oc12.[H-].[H-].[Na+].[Na+]. The zero-order valence-electron chi connectivity index (χ0n) is 23.3. The van der Waals surface area contributed by atoms with Crippen LogP contribution >= 0.6 is 11.8 Å². The Labute approximate surface area is 266 Å². The van der Waals surface area contributed by atoms with Gasteiger partial charge in [-0.05, 0) is 37.0 Å². The Kier molecular flexibility index (Phi) is 15.1. The molecule has 0 aliphatic heterocycles. The molecule has 2 aromatic carbocycles. The summed E-state index contributed by atoms with van der Waals surface area (Å²) in [5.74, 6) is -2.65. The van der Waals surface area contributed by atoms with Crippen LogP contribution in [0.2, 0.25) is 0 Å². The molecule has 3 aromatic rings. The summed E-state index contributed by atoms with van der Waals surface area (Å²) < 4.78 is 5.63. The Morgan fingerprint density at radius 1 is 1.11 bits per heavy atom. The van der Waals surface area contributed by atoms with Gasteiger partial charge in [-0.15, -0.1) is 11.8 Å². The third-order valence-electron chi connectivity index (χ3n) is 5.48. The number of hydrogen-bond donors (Lipinski definition) is 3. The number of benzene rings is 2. The summed E-state index contributed by atoms with van der Waals surface area (Å²) in [5.41, 5.74) is 1.49. The number of aliphatic carboxylic acids is 1. The third-order valence-corrected chi connectivity index (χ3v) is 6.86. The van der Waals surface area contributed by atoms with Gasteiger partial charge in [-0.1, -0.05) is 55.8 Å². The number of aliphatic hydroxyl groups excluding tert-OH is 1. The molecule has 2 atom stereocenters. The van der Waals surface area contributed by atoms with Crippen molar-refractivity contribution in [3.8, 4) is 0 Å². The van der Waals surface area contributed by atoms with Crippen LogP contribution in [0, 0.1) is 0 Å². The topological polar surface area (TPSA) is 125 Å². The van der Waals surface area contributed by atoms with Crippen molar-refractivity contribution in [1.82, 2.24) is 0 Å². The molecular formula is C27H30Na2O7S. The van der Waals surface area contributed by atoms with Crippen molar-refractivity contribution in [2.24, 2.45) is 0 Å². The van der Waals surface area contributed by atoms with E-state index in [1.807, 2.05) is 49.4 Å². The molecule has 0 saturated heterocycles. The van der Waals surface area contributed by atoms with Crippen LogP contribution in [0.1, 0.15) is 57.1 Å². The molecule has 0 saturated carbocycles. The second-order valence-corrected chi connectivity index (χ2v) is 9.37. The van der Waals surface area contributed by atoms with Crippen LogP contribution in [-0.2, 0) is 11.2 Å². The zero-order valence-corrected chi connectivity index (χ0v) is 26.2. The number of aromatic carboxylic acids is 1. The maximum absolute atomic E-state index is 12.5. The molecule has 0 bridgehead atoms. The van der Waals surface area contributed by atoms with Crippen molar-refractivity contribution >= 4 is 40.7 Å². The Hall–Kier alpha value is -1.36. The molecule has 0 amide bonds. The first kappa shape index (κ1) is 33.7. The van der Waals surface area contributed by atoms with Crippen molar-refractivity contribution < 1.29 is 91.3 Å². The Morgan fingerprint density at radius 2 is 1.81 bits per heavy atom. The van der Waals surface area contributed by atoms with Crippen LogP contribution < -0.4 is 64.5 Å². The van der Waals surface area contributed by atoms with Crippen LogP contribution in [0.15, 0.2) is 68.7 Å². The number of carboxylic acid groups (broad SMARTS) is 2. The molecule has 10 heteroatoms. The summed E-state index contributed by atoms with van der Waals surface area (Å²) in [7, 11) is 0. The molecule has 1 aromatic heterocycles. The fourth-order valence-corrected chi connectivity index (χ4v) is 4.98. The minimum absolute atomic E-state index is 0. The molecule has 0 aliphatic rings. The predicted octanol–water partition coefficient (Wildman–Crippen LogP) is -0.533. The van der Waals surface area contributed by atoms with Gasteiger partial charge in [0.1, 0.15) is 5.58 Å². The molecule has 0 fully saturated rings. The average Bonchev–Trinajstić information content (AvgIpc) is 2.83. The molecule has 3 rings (SSSR count). The zero-order chi connectivity index (χ0) is 25.4. The van der Waals surface area contributed by atoms with E-state index in [2.05, 4.69) is 0 Å². The van der Waals surface area contributed by atoms with E-state index in [-0.39, 0.29) is 74.0 Å². The number of carbonyl (C=O) groups is 2. The van der Waals surface area contributed by atoms with E-state index in [1.54, 1.807) is 12.1 Å². The summed E-state index contributed by atoms with van der Waals surface area (Å²) in [6, 6.07) is 14.0. The van der Waals surface area contributed by atoms with Crippen molar-refractivity contribution in [3.63, 3.8) is 0 Å². The molecule has 2 unspecified atom stereocenters. The van der Waals surface area contributed by atoms with Gasteiger partial charge in [-0.2, -0.15) is 0 Å². The molecule has 1 heterocycles. The van der Waals surface area contributed by atoms with Gasteiger partial charge in [0, 0.05) is 22.9 Å². The second kappa shape index (κ2) is 16.6.